The topological polar surface area (TPSA) is 29.5 Å². The molecule has 0 aliphatic heterocycles. The van der Waals surface area contributed by atoms with E-state index in [0.717, 1.165) is 6.07 Å². The lowest BCUT2D eigenvalue weighted by Crippen LogP contribution is -2.07. The van der Waals surface area contributed by atoms with Crippen LogP contribution < -0.4 is 4.74 Å². The summed E-state index contributed by atoms with van der Waals surface area (Å²) in [5.74, 6) is -0.229. The molecule has 0 aromatic heterocycles. The van der Waals surface area contributed by atoms with Crippen LogP contribution in [0.2, 0.25) is 0 Å². The Labute approximate surface area is 91.0 Å². The maximum absolute atomic E-state index is 12.5. The third-order valence-electron chi connectivity index (χ3n) is 1.95. The first kappa shape index (κ1) is 12.6. The summed E-state index contributed by atoms with van der Waals surface area (Å²) in [6.45, 7) is -0.163. The molecule has 1 aromatic rings. The Bertz CT molecular complexity index is 383. The molecule has 0 radical (unpaired) electrons. The van der Waals surface area contributed by atoms with Gasteiger partial charge < -0.3 is 9.84 Å². The number of halogens is 3. The molecule has 5 heteroatoms. The summed E-state index contributed by atoms with van der Waals surface area (Å²) in [6.07, 6.45) is -1.48. The molecule has 0 aliphatic carbocycles. The van der Waals surface area contributed by atoms with Crippen molar-refractivity contribution in [2.45, 2.75) is 6.18 Å². The van der Waals surface area contributed by atoms with E-state index in [1.165, 1.54) is 31.4 Å². The van der Waals surface area contributed by atoms with Crippen LogP contribution in [-0.4, -0.2) is 18.8 Å². The smallest absolute Gasteiger partial charge is 0.419 e. The van der Waals surface area contributed by atoms with Gasteiger partial charge in [-0.25, -0.2) is 0 Å². The summed E-state index contributed by atoms with van der Waals surface area (Å²) in [5.41, 5.74) is -0.268. The average Bonchev–Trinajstić information content (AvgIpc) is 2.24. The zero-order chi connectivity index (χ0) is 12.2. The van der Waals surface area contributed by atoms with Gasteiger partial charge in [0.2, 0.25) is 0 Å². The summed E-state index contributed by atoms with van der Waals surface area (Å²) in [5, 5.41) is 8.54. The molecule has 0 saturated carbocycles. The first-order chi connectivity index (χ1) is 7.49. The highest BCUT2D eigenvalue weighted by atomic mass is 19.4. The normalized spacial score (nSPS) is 12.1. The van der Waals surface area contributed by atoms with Crippen LogP contribution in [0.4, 0.5) is 13.2 Å². The minimum atomic E-state index is -4.43. The van der Waals surface area contributed by atoms with Gasteiger partial charge in [-0.3, -0.25) is 0 Å². The van der Waals surface area contributed by atoms with Gasteiger partial charge in [0.15, 0.2) is 0 Å². The van der Waals surface area contributed by atoms with E-state index in [0.29, 0.717) is 5.56 Å². The van der Waals surface area contributed by atoms with Crippen molar-refractivity contribution in [3.63, 3.8) is 0 Å². The van der Waals surface area contributed by atoms with Crippen molar-refractivity contribution in [2.24, 2.45) is 0 Å². The van der Waals surface area contributed by atoms with Crippen LogP contribution in [-0.2, 0) is 6.18 Å². The number of hydrogen-bond donors (Lipinski definition) is 1. The van der Waals surface area contributed by atoms with E-state index in [1.807, 2.05) is 0 Å². The summed E-state index contributed by atoms with van der Waals surface area (Å²) in [4.78, 5) is 0. The second kappa shape index (κ2) is 5.03. The lowest BCUT2D eigenvalue weighted by molar-refractivity contribution is -0.138. The highest BCUT2D eigenvalue weighted by Crippen LogP contribution is 2.36. The third kappa shape index (κ3) is 3.00. The van der Waals surface area contributed by atoms with Gasteiger partial charge in [-0.05, 0) is 17.7 Å². The predicted octanol–water partition coefficient (Wildman–Crippen LogP) is 2.72. The number of ether oxygens (including phenoxy) is 1. The maximum Gasteiger partial charge on any atom is 0.419 e. The van der Waals surface area contributed by atoms with Gasteiger partial charge in [0.25, 0.3) is 0 Å². The molecule has 0 spiro atoms. The molecule has 0 fully saturated rings. The molecule has 0 amide bonds. The summed E-state index contributed by atoms with van der Waals surface area (Å²) in [6, 6.07) is 3.54. The van der Waals surface area contributed by atoms with Crippen LogP contribution in [0, 0.1) is 0 Å². The molecule has 88 valence electrons. The summed E-state index contributed by atoms with van der Waals surface area (Å²) in [7, 11) is 1.18. The van der Waals surface area contributed by atoms with Crippen molar-refractivity contribution in [1.82, 2.24) is 0 Å². The van der Waals surface area contributed by atoms with Gasteiger partial charge in [-0.1, -0.05) is 18.2 Å². The van der Waals surface area contributed by atoms with E-state index in [9.17, 15) is 13.2 Å². The van der Waals surface area contributed by atoms with Gasteiger partial charge in [0, 0.05) is 0 Å². The summed E-state index contributed by atoms with van der Waals surface area (Å²) >= 11 is 0. The van der Waals surface area contributed by atoms with Crippen LogP contribution in [0.5, 0.6) is 5.75 Å². The van der Waals surface area contributed by atoms with Gasteiger partial charge in [-0.15, -0.1) is 0 Å². The van der Waals surface area contributed by atoms with Crippen LogP contribution in [0.1, 0.15) is 11.1 Å². The molecule has 0 atom stereocenters. The lowest BCUT2D eigenvalue weighted by atomic mass is 10.1. The van der Waals surface area contributed by atoms with Crippen LogP contribution in [0.25, 0.3) is 6.08 Å². The van der Waals surface area contributed by atoms with E-state index >= 15 is 0 Å². The van der Waals surface area contributed by atoms with Crippen molar-refractivity contribution < 1.29 is 23.0 Å². The number of alkyl halides is 3. The third-order valence-corrected chi connectivity index (χ3v) is 1.95. The fourth-order valence-electron chi connectivity index (χ4n) is 1.23. The predicted molar refractivity (Wildman–Crippen MR) is 54.1 cm³/mol. The van der Waals surface area contributed by atoms with Crippen LogP contribution in [0.15, 0.2) is 24.3 Å². The zero-order valence-electron chi connectivity index (χ0n) is 8.58. The van der Waals surface area contributed by atoms with Gasteiger partial charge >= 0.3 is 6.18 Å². The first-order valence-corrected chi connectivity index (χ1v) is 4.51. The van der Waals surface area contributed by atoms with Crippen molar-refractivity contribution in [2.75, 3.05) is 13.7 Å². The van der Waals surface area contributed by atoms with Crippen molar-refractivity contribution in [3.05, 3.63) is 35.4 Å². The number of aliphatic hydroxyl groups is 1. The second-order valence-corrected chi connectivity index (χ2v) is 3.04. The molecule has 0 saturated heterocycles. The maximum atomic E-state index is 12.5. The van der Waals surface area contributed by atoms with E-state index < -0.39 is 11.7 Å². The van der Waals surface area contributed by atoms with Gasteiger partial charge in [-0.2, -0.15) is 13.2 Å². The molecule has 16 heavy (non-hydrogen) atoms. The number of methoxy groups -OCH3 is 1. The Morgan fingerprint density at radius 2 is 2.06 bits per heavy atom. The summed E-state index contributed by atoms with van der Waals surface area (Å²) < 4.78 is 42.1. The number of rotatable bonds is 3. The minimum absolute atomic E-state index is 0.163. The molecule has 0 heterocycles. The van der Waals surface area contributed by atoms with Gasteiger partial charge in [0.05, 0.1) is 19.3 Å². The Hall–Kier alpha value is -1.49. The molecule has 0 bridgehead atoms. The molecule has 1 N–H and O–H groups in total. The molecule has 0 unspecified atom stereocenters. The fourth-order valence-corrected chi connectivity index (χ4v) is 1.23. The Balaban J connectivity index is 3.12. The largest absolute Gasteiger partial charge is 0.496 e. The molecule has 0 aliphatic rings. The highest BCUT2D eigenvalue weighted by molar-refractivity contribution is 5.54. The molecular formula is C11H11F3O2. The van der Waals surface area contributed by atoms with E-state index in [4.69, 9.17) is 5.11 Å². The molecule has 2 nitrogen and oxygen atoms in total. The van der Waals surface area contributed by atoms with E-state index in [1.54, 1.807) is 0 Å². The average molecular weight is 232 g/mol. The van der Waals surface area contributed by atoms with Crippen molar-refractivity contribution in [3.8, 4) is 5.75 Å². The fraction of sp³-hybridized carbons (Fsp3) is 0.273. The number of aliphatic hydroxyl groups excluding tert-OH is 1. The Morgan fingerprint density at radius 3 is 2.56 bits per heavy atom. The quantitative estimate of drug-likeness (QED) is 0.868. The highest BCUT2D eigenvalue weighted by Gasteiger charge is 2.34. The standard InChI is InChI=1S/C11H11F3O2/c1-16-10-7-8(3-2-6-15)4-5-9(10)11(12,13)14/h2-5,7,15H,6H2,1H3/b3-2+. The Morgan fingerprint density at radius 1 is 1.38 bits per heavy atom. The minimum Gasteiger partial charge on any atom is -0.496 e. The monoisotopic (exact) mass is 232 g/mol. The number of hydrogen-bond acceptors (Lipinski definition) is 2. The zero-order valence-corrected chi connectivity index (χ0v) is 8.58. The SMILES string of the molecule is COc1cc(/C=C/CO)ccc1C(F)(F)F. The van der Waals surface area contributed by atoms with Crippen molar-refractivity contribution in [1.29, 1.82) is 0 Å². The van der Waals surface area contributed by atoms with E-state index in [2.05, 4.69) is 4.74 Å². The molecular weight excluding hydrogens is 221 g/mol. The second-order valence-electron chi connectivity index (χ2n) is 3.04. The molecule has 1 aromatic carbocycles. The lowest BCUT2D eigenvalue weighted by Gasteiger charge is -2.12. The Kier molecular flexibility index (Phi) is 3.95. The molecule has 1 rings (SSSR count). The number of benzene rings is 1. The van der Waals surface area contributed by atoms with Crippen molar-refractivity contribution >= 4 is 6.08 Å². The van der Waals surface area contributed by atoms with Gasteiger partial charge in [0.1, 0.15) is 5.75 Å². The van der Waals surface area contributed by atoms with E-state index in [-0.39, 0.29) is 12.4 Å². The first-order valence-electron chi connectivity index (χ1n) is 4.51. The van der Waals surface area contributed by atoms with Crippen LogP contribution in [0.3, 0.4) is 0 Å². The van der Waals surface area contributed by atoms with Crippen LogP contribution >= 0.6 is 0 Å².